The van der Waals surface area contributed by atoms with Crippen molar-refractivity contribution in [3.8, 4) is 0 Å². The quantitative estimate of drug-likeness (QED) is 0.321. The number of nitrogens with one attached hydrogen (secondary N) is 2. The van der Waals surface area contributed by atoms with E-state index >= 15 is 0 Å². The van der Waals surface area contributed by atoms with Crippen LogP contribution in [0.1, 0.15) is 36.4 Å². The van der Waals surface area contributed by atoms with E-state index in [1.165, 1.54) is 23.4 Å². The Morgan fingerprint density at radius 1 is 1.33 bits per heavy atom. The maximum atomic E-state index is 13.5. The van der Waals surface area contributed by atoms with Crippen LogP contribution in [0.15, 0.2) is 27.7 Å². The summed E-state index contributed by atoms with van der Waals surface area (Å²) in [5.74, 6) is 0.456. The number of rotatable bonds is 6. The van der Waals surface area contributed by atoms with Crippen LogP contribution in [0.5, 0.6) is 0 Å². The maximum absolute atomic E-state index is 13.5. The van der Waals surface area contributed by atoms with Crippen LogP contribution in [-0.4, -0.2) is 28.3 Å². The Hall–Kier alpha value is -1.16. The average Bonchev–Trinajstić information content (AvgIpc) is 2.78. The Balaban J connectivity index is 0.00000364. The summed E-state index contributed by atoms with van der Waals surface area (Å²) in [6, 6.07) is 5.01. The largest absolute Gasteiger partial charge is 0.357 e. The molecule has 0 aliphatic heterocycles. The lowest BCUT2D eigenvalue weighted by Crippen LogP contribution is -2.43. The summed E-state index contributed by atoms with van der Waals surface area (Å²) in [6.07, 6.45) is 0.863. The summed E-state index contributed by atoms with van der Waals surface area (Å²) in [5, 5.41) is 11.1. The van der Waals surface area contributed by atoms with E-state index in [-0.39, 0.29) is 35.8 Å². The molecule has 1 aromatic heterocycles. The number of guanidine groups is 1. The second-order valence-electron chi connectivity index (χ2n) is 6.50. The fourth-order valence-corrected chi connectivity index (χ4v) is 3.41. The molecule has 0 saturated heterocycles. The van der Waals surface area contributed by atoms with Crippen molar-refractivity contribution in [2.24, 2.45) is 12.0 Å². The lowest BCUT2D eigenvalue weighted by Gasteiger charge is -2.18. The highest BCUT2D eigenvalue weighted by atomic mass is 127. The third-order valence-electron chi connectivity index (χ3n) is 4.24. The van der Waals surface area contributed by atoms with Crippen molar-refractivity contribution in [3.63, 3.8) is 0 Å². The SMILES string of the molecule is CCNC(=NCc1cc(F)cc(Br)c1)NC(C)Cc1c(C)nn(C)c1C.I. The van der Waals surface area contributed by atoms with E-state index in [9.17, 15) is 4.39 Å². The minimum atomic E-state index is -0.265. The van der Waals surface area contributed by atoms with E-state index in [0.717, 1.165) is 34.7 Å². The molecule has 0 radical (unpaired) electrons. The molecule has 0 aliphatic carbocycles. The number of nitrogens with zero attached hydrogens (tertiary/aromatic N) is 3. The average molecular weight is 552 g/mol. The predicted molar refractivity (Wildman–Crippen MR) is 123 cm³/mol. The summed E-state index contributed by atoms with van der Waals surface area (Å²) in [6.45, 7) is 9.44. The van der Waals surface area contributed by atoms with Crippen LogP contribution in [0.4, 0.5) is 4.39 Å². The van der Waals surface area contributed by atoms with Crippen molar-refractivity contribution in [2.75, 3.05) is 6.54 Å². The van der Waals surface area contributed by atoms with Gasteiger partial charge in [-0.3, -0.25) is 4.68 Å². The molecule has 0 saturated carbocycles. The van der Waals surface area contributed by atoms with Crippen molar-refractivity contribution in [1.82, 2.24) is 20.4 Å². The summed E-state index contributed by atoms with van der Waals surface area (Å²) >= 11 is 3.32. The number of benzene rings is 1. The van der Waals surface area contributed by atoms with Gasteiger partial charge in [-0.05, 0) is 63.4 Å². The van der Waals surface area contributed by atoms with Crippen molar-refractivity contribution in [3.05, 3.63) is 51.0 Å². The molecule has 0 aliphatic rings. The first-order valence-electron chi connectivity index (χ1n) is 8.79. The molecule has 1 heterocycles. The normalized spacial score (nSPS) is 12.5. The first-order chi connectivity index (χ1) is 12.3. The van der Waals surface area contributed by atoms with Crippen LogP contribution in [-0.2, 0) is 20.0 Å². The zero-order chi connectivity index (χ0) is 19.3. The lowest BCUT2D eigenvalue weighted by molar-refractivity contribution is 0.623. The van der Waals surface area contributed by atoms with Gasteiger partial charge >= 0.3 is 0 Å². The van der Waals surface area contributed by atoms with E-state index in [1.54, 1.807) is 0 Å². The van der Waals surface area contributed by atoms with E-state index < -0.39 is 0 Å². The minimum Gasteiger partial charge on any atom is -0.357 e. The molecule has 0 fully saturated rings. The van der Waals surface area contributed by atoms with Gasteiger partial charge in [-0.2, -0.15) is 5.10 Å². The number of aromatic nitrogens is 2. The molecule has 0 bridgehead atoms. The first-order valence-corrected chi connectivity index (χ1v) is 9.58. The monoisotopic (exact) mass is 551 g/mol. The maximum Gasteiger partial charge on any atom is 0.191 e. The Labute approximate surface area is 186 Å². The summed E-state index contributed by atoms with van der Waals surface area (Å²) in [7, 11) is 1.96. The van der Waals surface area contributed by atoms with Crippen LogP contribution >= 0.6 is 39.9 Å². The molecule has 2 N–H and O–H groups in total. The van der Waals surface area contributed by atoms with E-state index in [4.69, 9.17) is 0 Å². The van der Waals surface area contributed by atoms with Gasteiger partial charge in [-0.15, -0.1) is 24.0 Å². The number of aryl methyl sites for hydroxylation is 2. The minimum absolute atomic E-state index is 0. The van der Waals surface area contributed by atoms with Gasteiger partial charge in [-0.1, -0.05) is 15.9 Å². The van der Waals surface area contributed by atoms with Gasteiger partial charge in [0.05, 0.1) is 12.2 Å². The van der Waals surface area contributed by atoms with E-state index in [1.807, 2.05) is 31.6 Å². The van der Waals surface area contributed by atoms with Crippen molar-refractivity contribution in [2.45, 2.75) is 46.7 Å². The van der Waals surface area contributed by atoms with E-state index in [2.05, 4.69) is 50.5 Å². The molecule has 0 amide bonds. The molecular formula is C19H28BrFIN5. The van der Waals surface area contributed by atoms with Gasteiger partial charge in [-0.25, -0.2) is 9.38 Å². The smallest absolute Gasteiger partial charge is 0.191 e. The zero-order valence-electron chi connectivity index (χ0n) is 16.4. The van der Waals surface area contributed by atoms with E-state index in [0.29, 0.717) is 6.54 Å². The molecule has 1 aromatic carbocycles. The standard InChI is InChI=1S/C19H27BrFN5.HI/c1-6-22-19(23-11-15-8-16(20)10-17(21)9-15)24-12(2)7-18-13(3)25-26(5)14(18)4;/h8-10,12H,6-7,11H2,1-5H3,(H2,22,23,24);1H. The Bertz CT molecular complexity index is 770. The van der Waals surface area contributed by atoms with Crippen LogP contribution in [0.25, 0.3) is 0 Å². The van der Waals surface area contributed by atoms with Gasteiger partial charge in [0, 0.05) is 29.8 Å². The molecule has 150 valence electrons. The highest BCUT2D eigenvalue weighted by Crippen LogP contribution is 2.16. The van der Waals surface area contributed by atoms with Gasteiger partial charge in [0.1, 0.15) is 5.82 Å². The summed E-state index contributed by atoms with van der Waals surface area (Å²) in [4.78, 5) is 4.58. The van der Waals surface area contributed by atoms with Crippen LogP contribution < -0.4 is 10.6 Å². The Morgan fingerprint density at radius 3 is 2.59 bits per heavy atom. The fourth-order valence-electron chi connectivity index (χ4n) is 2.90. The fraction of sp³-hybridized carbons (Fsp3) is 0.474. The summed E-state index contributed by atoms with van der Waals surface area (Å²) < 4.78 is 16.1. The van der Waals surface area contributed by atoms with Crippen molar-refractivity contribution in [1.29, 1.82) is 0 Å². The first kappa shape index (κ1) is 23.9. The van der Waals surface area contributed by atoms with Crippen LogP contribution in [0, 0.1) is 19.7 Å². The van der Waals surface area contributed by atoms with Gasteiger partial charge < -0.3 is 10.6 Å². The highest BCUT2D eigenvalue weighted by Gasteiger charge is 2.14. The zero-order valence-corrected chi connectivity index (χ0v) is 20.4. The third-order valence-corrected chi connectivity index (χ3v) is 4.70. The second-order valence-corrected chi connectivity index (χ2v) is 7.41. The Kier molecular flexibility index (Phi) is 9.72. The molecule has 1 unspecified atom stereocenters. The van der Waals surface area contributed by atoms with Gasteiger partial charge in [0.2, 0.25) is 0 Å². The van der Waals surface area contributed by atoms with Gasteiger partial charge in [0.15, 0.2) is 5.96 Å². The lowest BCUT2D eigenvalue weighted by atomic mass is 10.1. The molecule has 27 heavy (non-hydrogen) atoms. The molecule has 0 spiro atoms. The highest BCUT2D eigenvalue weighted by molar-refractivity contribution is 14.0. The topological polar surface area (TPSA) is 54.2 Å². The molecule has 1 atom stereocenters. The second kappa shape index (κ2) is 11.0. The molecule has 2 rings (SSSR count). The van der Waals surface area contributed by atoms with Gasteiger partial charge in [0.25, 0.3) is 0 Å². The van der Waals surface area contributed by atoms with Crippen LogP contribution in [0.3, 0.4) is 0 Å². The molecular weight excluding hydrogens is 524 g/mol. The number of hydrogen-bond acceptors (Lipinski definition) is 2. The Morgan fingerprint density at radius 2 is 2.04 bits per heavy atom. The van der Waals surface area contributed by atoms with Crippen molar-refractivity contribution < 1.29 is 4.39 Å². The molecule has 5 nitrogen and oxygen atoms in total. The number of halogens is 3. The predicted octanol–water partition coefficient (Wildman–Crippen LogP) is 4.24. The van der Waals surface area contributed by atoms with Crippen LogP contribution in [0.2, 0.25) is 0 Å². The molecule has 8 heteroatoms. The summed E-state index contributed by atoms with van der Waals surface area (Å²) in [5.41, 5.74) is 4.32. The number of hydrogen-bond donors (Lipinski definition) is 2. The van der Waals surface area contributed by atoms with Crippen molar-refractivity contribution >= 4 is 45.9 Å². The number of aliphatic imine (C=N–C) groups is 1. The third kappa shape index (κ3) is 7.06. The molecule has 2 aromatic rings.